The highest BCUT2D eigenvalue weighted by molar-refractivity contribution is 8.13. The van der Waals surface area contributed by atoms with Crippen molar-refractivity contribution < 1.29 is 14.3 Å². The van der Waals surface area contributed by atoms with Gasteiger partial charge in [0.2, 0.25) is 5.91 Å². The normalized spacial score (nSPS) is 10.2. The predicted octanol–water partition coefficient (Wildman–Crippen LogP) is 5.97. The molecule has 0 aliphatic heterocycles. The highest BCUT2D eigenvalue weighted by Gasteiger charge is 2.19. The number of alkyl halides is 1. The van der Waals surface area contributed by atoms with Crippen molar-refractivity contribution in [2.24, 2.45) is 0 Å². The van der Waals surface area contributed by atoms with Crippen molar-refractivity contribution >= 4 is 40.2 Å². The highest BCUT2D eigenvalue weighted by Crippen LogP contribution is 2.27. The fourth-order valence-electron chi connectivity index (χ4n) is 3.07. The highest BCUT2D eigenvalue weighted by atomic mass is 35.5. The zero-order valence-electron chi connectivity index (χ0n) is 19.5. The Bertz CT molecular complexity index is 600. The van der Waals surface area contributed by atoms with Crippen molar-refractivity contribution in [2.45, 2.75) is 60.3 Å². The summed E-state index contributed by atoms with van der Waals surface area (Å²) in [5, 5.41) is 0.237. The number of ether oxygens (including phenoxy) is 1. The number of anilines is 1. The van der Waals surface area contributed by atoms with Gasteiger partial charge in [0.1, 0.15) is 12.6 Å². The lowest BCUT2D eigenvalue weighted by Crippen LogP contribution is -2.35. The van der Waals surface area contributed by atoms with Gasteiger partial charge in [-0.1, -0.05) is 64.6 Å². The summed E-state index contributed by atoms with van der Waals surface area (Å²) in [6.45, 7) is 12.4. The van der Waals surface area contributed by atoms with Crippen LogP contribution in [0.25, 0.3) is 0 Å². The molecule has 172 valence electrons. The number of amides is 2. The van der Waals surface area contributed by atoms with Gasteiger partial charge < -0.3 is 9.64 Å². The van der Waals surface area contributed by atoms with Gasteiger partial charge in [-0.15, -0.1) is 11.6 Å². The third-order valence-electron chi connectivity index (χ3n) is 4.42. The number of carbonyl (C=O) groups is 2. The second kappa shape index (κ2) is 17.4. The second-order valence-electron chi connectivity index (χ2n) is 6.69. The van der Waals surface area contributed by atoms with Crippen molar-refractivity contribution in [3.63, 3.8) is 0 Å². The standard InChI is InChI=1S/C14H20ClNO2.C9H19NOS/c1-4-11-7-6-8-12(5-2)14(11)16(10-18-3)13(17)9-15;1-4-7-10(8-5-2)9(11)12-6-3/h6-8H,4-5,9-10H2,1-3H3;4-8H2,1-3H3. The van der Waals surface area contributed by atoms with Crippen molar-refractivity contribution in [3.8, 4) is 0 Å². The molecule has 0 fully saturated rings. The van der Waals surface area contributed by atoms with Crippen LogP contribution in [-0.2, 0) is 22.4 Å². The number of nitrogens with zero attached hydrogens (tertiary/aromatic N) is 2. The van der Waals surface area contributed by atoms with Gasteiger partial charge in [0, 0.05) is 20.2 Å². The molecule has 0 N–H and O–H groups in total. The number of hydrogen-bond donors (Lipinski definition) is 0. The van der Waals surface area contributed by atoms with Crippen LogP contribution in [-0.4, -0.2) is 54.6 Å². The van der Waals surface area contributed by atoms with E-state index >= 15 is 0 Å². The number of halogens is 1. The van der Waals surface area contributed by atoms with E-state index in [2.05, 4.69) is 27.7 Å². The summed E-state index contributed by atoms with van der Waals surface area (Å²) in [4.78, 5) is 26.9. The van der Waals surface area contributed by atoms with Crippen LogP contribution in [0.4, 0.5) is 10.5 Å². The molecule has 0 saturated carbocycles. The lowest BCUT2D eigenvalue weighted by atomic mass is 10.0. The molecule has 2 amide bonds. The number of benzene rings is 1. The molecule has 0 bridgehead atoms. The van der Waals surface area contributed by atoms with E-state index in [0.717, 1.165) is 61.3 Å². The minimum atomic E-state index is -0.130. The number of thioether (sulfide) groups is 1. The smallest absolute Gasteiger partial charge is 0.281 e. The van der Waals surface area contributed by atoms with E-state index in [1.807, 2.05) is 30.0 Å². The van der Waals surface area contributed by atoms with E-state index in [9.17, 15) is 9.59 Å². The Kier molecular flexibility index (Phi) is 16.7. The summed E-state index contributed by atoms with van der Waals surface area (Å²) >= 11 is 7.08. The fraction of sp³-hybridized carbons (Fsp3) is 0.652. The Balaban J connectivity index is 0.000000612. The summed E-state index contributed by atoms with van der Waals surface area (Å²) in [6, 6.07) is 6.11. The zero-order valence-corrected chi connectivity index (χ0v) is 21.1. The Morgan fingerprint density at radius 1 is 1.00 bits per heavy atom. The zero-order chi connectivity index (χ0) is 22.9. The molecule has 1 aromatic carbocycles. The van der Waals surface area contributed by atoms with Crippen LogP contribution >= 0.6 is 23.4 Å². The number of methoxy groups -OCH3 is 1. The Labute approximate surface area is 192 Å². The molecule has 1 aromatic rings. The summed E-state index contributed by atoms with van der Waals surface area (Å²) in [5.74, 6) is 0.710. The maximum absolute atomic E-state index is 12.0. The van der Waals surface area contributed by atoms with Crippen LogP contribution < -0.4 is 4.90 Å². The Morgan fingerprint density at radius 2 is 1.53 bits per heavy atom. The monoisotopic (exact) mass is 458 g/mol. The molecule has 0 aromatic heterocycles. The van der Waals surface area contributed by atoms with E-state index in [4.69, 9.17) is 16.3 Å². The first-order valence-corrected chi connectivity index (χ1v) is 12.3. The average Bonchev–Trinajstić information content (AvgIpc) is 2.76. The number of carbonyl (C=O) groups excluding carboxylic acids is 2. The van der Waals surface area contributed by atoms with E-state index in [-0.39, 0.29) is 23.8 Å². The first-order chi connectivity index (χ1) is 14.4. The molecule has 0 radical (unpaired) electrons. The first-order valence-electron chi connectivity index (χ1n) is 10.8. The van der Waals surface area contributed by atoms with Gasteiger partial charge in [0.25, 0.3) is 5.24 Å². The lowest BCUT2D eigenvalue weighted by Gasteiger charge is -2.26. The number of para-hydroxylation sites is 1. The first kappa shape index (κ1) is 28.8. The molecule has 30 heavy (non-hydrogen) atoms. The van der Waals surface area contributed by atoms with Crippen LogP contribution in [0, 0.1) is 0 Å². The van der Waals surface area contributed by atoms with Gasteiger partial charge in [0.15, 0.2) is 0 Å². The van der Waals surface area contributed by atoms with Crippen molar-refractivity contribution in [1.29, 1.82) is 0 Å². The molecule has 0 aliphatic carbocycles. The van der Waals surface area contributed by atoms with Gasteiger partial charge in [-0.05, 0) is 42.6 Å². The van der Waals surface area contributed by atoms with Gasteiger partial charge >= 0.3 is 0 Å². The van der Waals surface area contributed by atoms with Crippen LogP contribution in [0.5, 0.6) is 0 Å². The molecule has 0 heterocycles. The molecule has 5 nitrogen and oxygen atoms in total. The minimum Gasteiger partial charge on any atom is -0.364 e. The minimum absolute atomic E-state index is 0.0371. The summed E-state index contributed by atoms with van der Waals surface area (Å²) in [6.07, 6.45) is 3.85. The molecule has 7 heteroatoms. The third kappa shape index (κ3) is 9.71. The average molecular weight is 459 g/mol. The van der Waals surface area contributed by atoms with Gasteiger partial charge in [-0.25, -0.2) is 0 Å². The maximum atomic E-state index is 12.0. The number of hydrogen-bond acceptors (Lipinski definition) is 4. The quantitative estimate of drug-likeness (QED) is 0.303. The predicted molar refractivity (Wildman–Crippen MR) is 131 cm³/mol. The molecule has 0 spiro atoms. The third-order valence-corrected chi connectivity index (χ3v) is 5.44. The SMILES string of the molecule is CCCN(CCC)C(=O)SCC.CCc1cccc(CC)c1N(COC)C(=O)CCl. The lowest BCUT2D eigenvalue weighted by molar-refractivity contribution is -0.117. The fourth-order valence-corrected chi connectivity index (χ4v) is 3.83. The summed E-state index contributed by atoms with van der Waals surface area (Å²) < 4.78 is 5.13. The van der Waals surface area contributed by atoms with E-state index in [1.165, 1.54) is 11.8 Å². The Hall–Kier alpha value is -1.24. The molecular formula is C23H39ClN2O3S. The molecule has 0 aliphatic rings. The van der Waals surface area contributed by atoms with Gasteiger partial charge in [-0.3, -0.25) is 14.5 Å². The largest absolute Gasteiger partial charge is 0.364 e. The molecule has 0 unspecified atom stereocenters. The van der Waals surface area contributed by atoms with Crippen LogP contribution in [0.2, 0.25) is 0 Å². The second-order valence-corrected chi connectivity index (χ2v) is 8.17. The van der Waals surface area contributed by atoms with E-state index < -0.39 is 0 Å². The molecular weight excluding hydrogens is 420 g/mol. The molecule has 1 rings (SSSR count). The maximum Gasteiger partial charge on any atom is 0.281 e. The molecule has 0 saturated heterocycles. The van der Waals surface area contributed by atoms with Crippen LogP contribution in [0.3, 0.4) is 0 Å². The molecule has 0 atom stereocenters. The van der Waals surface area contributed by atoms with Crippen molar-refractivity contribution in [2.75, 3.05) is 43.5 Å². The van der Waals surface area contributed by atoms with Gasteiger partial charge in [0.05, 0.1) is 5.69 Å². The van der Waals surface area contributed by atoms with Crippen LogP contribution in [0.1, 0.15) is 58.6 Å². The number of rotatable bonds is 11. The van der Waals surface area contributed by atoms with Gasteiger partial charge in [-0.2, -0.15) is 0 Å². The summed E-state index contributed by atoms with van der Waals surface area (Å²) in [5.41, 5.74) is 3.24. The van der Waals surface area contributed by atoms with Crippen molar-refractivity contribution in [3.05, 3.63) is 29.3 Å². The Morgan fingerprint density at radius 3 is 1.90 bits per heavy atom. The van der Waals surface area contributed by atoms with Crippen LogP contribution in [0.15, 0.2) is 18.2 Å². The summed E-state index contributed by atoms with van der Waals surface area (Å²) in [7, 11) is 1.58. The topological polar surface area (TPSA) is 49.9 Å². The van der Waals surface area contributed by atoms with Crippen molar-refractivity contribution in [1.82, 2.24) is 4.90 Å². The van der Waals surface area contributed by atoms with E-state index in [0.29, 0.717) is 0 Å². The van der Waals surface area contributed by atoms with E-state index in [1.54, 1.807) is 12.0 Å². The number of aryl methyl sites for hydroxylation is 2.